The van der Waals surface area contributed by atoms with Crippen LogP contribution in [-0.4, -0.2) is 41.3 Å². The van der Waals surface area contributed by atoms with Gasteiger partial charge < -0.3 is 4.79 Å². The topological polar surface area (TPSA) is 40.6 Å². The van der Waals surface area contributed by atoms with Gasteiger partial charge in [0.2, 0.25) is 5.91 Å². The summed E-state index contributed by atoms with van der Waals surface area (Å²) in [6.45, 7) is 1.08. The first-order valence-electron chi connectivity index (χ1n) is 5.33. The lowest BCUT2D eigenvalue weighted by Crippen LogP contribution is -2.45. The Kier molecular flexibility index (Phi) is 2.82. The van der Waals surface area contributed by atoms with Crippen molar-refractivity contribution in [1.29, 1.82) is 0 Å². The molecule has 1 aliphatic heterocycles. The zero-order valence-corrected chi connectivity index (χ0v) is 8.32. The second-order valence-corrected chi connectivity index (χ2v) is 4.01. The van der Waals surface area contributed by atoms with Crippen molar-refractivity contribution in [3.05, 3.63) is 0 Å². The second kappa shape index (κ2) is 4.09. The van der Waals surface area contributed by atoms with Gasteiger partial charge in [0.15, 0.2) is 0 Å². The molecule has 0 N–H and O–H groups in total. The number of carbonyl (C=O) groups is 2. The summed E-state index contributed by atoms with van der Waals surface area (Å²) in [6.07, 6.45) is 6.07. The number of hydrogen-bond donors (Lipinski definition) is 0. The van der Waals surface area contributed by atoms with Crippen molar-refractivity contribution >= 4 is 12.2 Å². The smallest absolute Gasteiger partial charge is 0.238 e. The van der Waals surface area contributed by atoms with Crippen LogP contribution in [0.15, 0.2) is 0 Å². The Hall–Kier alpha value is -0.900. The fourth-order valence-electron chi connectivity index (χ4n) is 2.45. The third kappa shape index (κ3) is 1.66. The van der Waals surface area contributed by atoms with Gasteiger partial charge in [-0.05, 0) is 12.8 Å². The number of nitrogens with zero attached hydrogens (tertiary/aromatic N) is 2. The van der Waals surface area contributed by atoms with Crippen LogP contribution in [0.4, 0.5) is 0 Å². The minimum absolute atomic E-state index is 0.193. The molecule has 0 atom stereocenters. The van der Waals surface area contributed by atoms with E-state index in [1.807, 2.05) is 10.0 Å². The molecule has 0 aromatic rings. The quantitative estimate of drug-likeness (QED) is 0.620. The van der Waals surface area contributed by atoms with Crippen LogP contribution in [0.25, 0.3) is 0 Å². The number of amides is 1. The predicted molar refractivity (Wildman–Crippen MR) is 51.4 cm³/mol. The van der Waals surface area contributed by atoms with Gasteiger partial charge in [-0.2, -0.15) is 0 Å². The highest BCUT2D eigenvalue weighted by Crippen LogP contribution is 2.27. The van der Waals surface area contributed by atoms with E-state index in [0.717, 1.165) is 19.1 Å². The van der Waals surface area contributed by atoms with E-state index < -0.39 is 0 Å². The Morgan fingerprint density at radius 1 is 1.36 bits per heavy atom. The molecule has 1 saturated carbocycles. The van der Waals surface area contributed by atoms with Crippen molar-refractivity contribution in [1.82, 2.24) is 10.0 Å². The molecule has 0 spiro atoms. The number of aldehydes is 1. The number of rotatable bonds is 3. The molecule has 1 aliphatic carbocycles. The fraction of sp³-hybridized carbons (Fsp3) is 0.800. The van der Waals surface area contributed by atoms with Crippen LogP contribution in [0.3, 0.4) is 0 Å². The monoisotopic (exact) mass is 196 g/mol. The summed E-state index contributed by atoms with van der Waals surface area (Å²) in [4.78, 5) is 22.1. The molecule has 0 aromatic heterocycles. The van der Waals surface area contributed by atoms with Gasteiger partial charge in [-0.1, -0.05) is 12.8 Å². The molecule has 0 radical (unpaired) electrons. The van der Waals surface area contributed by atoms with Crippen LogP contribution in [0.5, 0.6) is 0 Å². The minimum atomic E-state index is 0.193. The van der Waals surface area contributed by atoms with Gasteiger partial charge in [-0.15, -0.1) is 0 Å². The Bertz CT molecular complexity index is 236. The SMILES string of the molecule is O=CCN1CCC(=O)N1C1CCCC1. The predicted octanol–water partition coefficient (Wildman–Crippen LogP) is 0.577. The van der Waals surface area contributed by atoms with Gasteiger partial charge in [0, 0.05) is 19.0 Å². The Balaban J connectivity index is 2.04. The van der Waals surface area contributed by atoms with Crippen LogP contribution < -0.4 is 0 Å². The molecule has 1 amide bonds. The molecule has 78 valence electrons. The maximum absolute atomic E-state index is 11.6. The molecular formula is C10H16N2O2. The van der Waals surface area contributed by atoms with E-state index in [1.54, 1.807) is 0 Å². The van der Waals surface area contributed by atoms with Crippen LogP contribution >= 0.6 is 0 Å². The number of carbonyl (C=O) groups excluding carboxylic acids is 2. The van der Waals surface area contributed by atoms with E-state index in [9.17, 15) is 9.59 Å². The highest BCUT2D eigenvalue weighted by molar-refractivity contribution is 5.78. The molecule has 0 bridgehead atoms. The van der Waals surface area contributed by atoms with Crippen molar-refractivity contribution in [2.75, 3.05) is 13.1 Å². The van der Waals surface area contributed by atoms with Crippen LogP contribution in [0.2, 0.25) is 0 Å². The Morgan fingerprint density at radius 2 is 2.07 bits per heavy atom. The lowest BCUT2D eigenvalue weighted by Gasteiger charge is -2.31. The lowest BCUT2D eigenvalue weighted by atomic mass is 10.2. The second-order valence-electron chi connectivity index (χ2n) is 4.01. The van der Waals surface area contributed by atoms with Gasteiger partial charge >= 0.3 is 0 Å². The summed E-state index contributed by atoms with van der Waals surface area (Å²) < 4.78 is 0. The molecule has 14 heavy (non-hydrogen) atoms. The molecule has 0 aromatic carbocycles. The first-order valence-corrected chi connectivity index (χ1v) is 5.33. The van der Waals surface area contributed by atoms with Crippen LogP contribution in [-0.2, 0) is 9.59 Å². The zero-order chi connectivity index (χ0) is 9.97. The average Bonchev–Trinajstić information content (AvgIpc) is 2.76. The van der Waals surface area contributed by atoms with E-state index in [2.05, 4.69) is 0 Å². The highest BCUT2D eigenvalue weighted by Gasteiger charge is 2.35. The summed E-state index contributed by atoms with van der Waals surface area (Å²) in [6, 6.07) is 0.366. The number of hydrazine groups is 1. The third-order valence-corrected chi connectivity index (χ3v) is 3.10. The molecule has 2 fully saturated rings. The van der Waals surface area contributed by atoms with E-state index >= 15 is 0 Å². The normalized spacial score (nSPS) is 24.9. The first kappa shape index (κ1) is 9.65. The fourth-order valence-corrected chi connectivity index (χ4v) is 2.45. The molecule has 4 heteroatoms. The van der Waals surface area contributed by atoms with Crippen LogP contribution in [0.1, 0.15) is 32.1 Å². The average molecular weight is 196 g/mol. The van der Waals surface area contributed by atoms with Crippen molar-refractivity contribution in [3.8, 4) is 0 Å². The summed E-state index contributed by atoms with van der Waals surface area (Å²) >= 11 is 0. The van der Waals surface area contributed by atoms with Crippen LogP contribution in [0, 0.1) is 0 Å². The first-order chi connectivity index (χ1) is 6.83. The van der Waals surface area contributed by atoms with Gasteiger partial charge in [0.1, 0.15) is 6.29 Å². The zero-order valence-electron chi connectivity index (χ0n) is 8.32. The maximum Gasteiger partial charge on any atom is 0.238 e. The molecule has 0 unspecified atom stereocenters. The van der Waals surface area contributed by atoms with E-state index in [1.165, 1.54) is 12.8 Å². The third-order valence-electron chi connectivity index (χ3n) is 3.10. The van der Waals surface area contributed by atoms with Gasteiger partial charge in [0.25, 0.3) is 0 Å². The Morgan fingerprint density at radius 3 is 2.71 bits per heavy atom. The standard InChI is InChI=1S/C10H16N2O2/c13-8-7-11-6-5-10(14)12(11)9-3-1-2-4-9/h8-9H,1-7H2. The van der Waals surface area contributed by atoms with E-state index in [-0.39, 0.29) is 5.91 Å². The summed E-state index contributed by atoms with van der Waals surface area (Å²) in [5.74, 6) is 0.193. The van der Waals surface area contributed by atoms with Crippen molar-refractivity contribution in [2.45, 2.75) is 38.1 Å². The van der Waals surface area contributed by atoms with E-state index in [0.29, 0.717) is 25.6 Å². The van der Waals surface area contributed by atoms with Gasteiger partial charge in [-0.3, -0.25) is 9.80 Å². The molecule has 2 rings (SSSR count). The summed E-state index contributed by atoms with van der Waals surface area (Å²) in [7, 11) is 0. The maximum atomic E-state index is 11.6. The lowest BCUT2D eigenvalue weighted by molar-refractivity contribution is -0.143. The van der Waals surface area contributed by atoms with Gasteiger partial charge in [0.05, 0.1) is 6.54 Å². The highest BCUT2D eigenvalue weighted by atomic mass is 16.2. The minimum Gasteiger partial charge on any atom is -0.302 e. The molecule has 1 saturated heterocycles. The largest absolute Gasteiger partial charge is 0.302 e. The van der Waals surface area contributed by atoms with E-state index in [4.69, 9.17) is 0 Å². The van der Waals surface area contributed by atoms with Gasteiger partial charge in [-0.25, -0.2) is 5.01 Å². The molecule has 4 nitrogen and oxygen atoms in total. The van der Waals surface area contributed by atoms with Crippen molar-refractivity contribution in [2.24, 2.45) is 0 Å². The summed E-state index contributed by atoms with van der Waals surface area (Å²) in [5.41, 5.74) is 0. The van der Waals surface area contributed by atoms with Crippen molar-refractivity contribution < 1.29 is 9.59 Å². The molecular weight excluding hydrogens is 180 g/mol. The molecule has 2 aliphatic rings. The Labute approximate surface area is 83.8 Å². The molecule has 1 heterocycles. The van der Waals surface area contributed by atoms with Crippen molar-refractivity contribution in [3.63, 3.8) is 0 Å². The summed E-state index contributed by atoms with van der Waals surface area (Å²) in [5, 5.41) is 3.73. The number of hydrogen-bond acceptors (Lipinski definition) is 3.